The van der Waals surface area contributed by atoms with E-state index >= 15 is 0 Å². The highest BCUT2D eigenvalue weighted by Crippen LogP contribution is 2.24. The molecule has 7 heteroatoms. The number of hydrazine groups is 1. The molecule has 108 valence electrons. The highest BCUT2D eigenvalue weighted by molar-refractivity contribution is 7.98. The minimum atomic E-state index is -0.439. The quantitative estimate of drug-likeness (QED) is 0.297. The number of H-pyrrole nitrogens is 1. The molecule has 3 rings (SSSR count). The van der Waals surface area contributed by atoms with Crippen LogP contribution in [0.1, 0.15) is 21.9 Å². The fourth-order valence-corrected chi connectivity index (χ4v) is 2.74. The van der Waals surface area contributed by atoms with Crippen LogP contribution in [-0.4, -0.2) is 15.9 Å². The molecule has 0 saturated heterocycles. The monoisotopic (exact) mass is 302 g/mol. The van der Waals surface area contributed by atoms with Gasteiger partial charge in [-0.15, -0.1) is 0 Å². The molecule has 0 fully saturated rings. The zero-order valence-electron chi connectivity index (χ0n) is 11.3. The number of carbonyl (C=O) groups is 1. The lowest BCUT2D eigenvalue weighted by Gasteiger charge is -1.95. The molecular weight excluding hydrogens is 288 g/mol. The predicted octanol–water partition coefficient (Wildman–Crippen LogP) is 2.36. The number of nitrogens with zero attached hydrogens (tertiary/aromatic N) is 1. The summed E-state index contributed by atoms with van der Waals surface area (Å²) in [5.41, 5.74) is 5.17. The fraction of sp³-hybridized carbons (Fsp3) is 0.143. The lowest BCUT2D eigenvalue weighted by Crippen LogP contribution is -2.29. The first-order valence-electron chi connectivity index (χ1n) is 6.34. The molecule has 1 aromatic carbocycles. The van der Waals surface area contributed by atoms with Crippen LogP contribution in [0.15, 0.2) is 39.9 Å². The third-order valence-corrected chi connectivity index (χ3v) is 3.88. The fourth-order valence-electron chi connectivity index (χ4n) is 1.96. The smallest absolute Gasteiger partial charge is 0.300 e. The standard InChI is InChI=1S/C14H14N4O2S/c1-8-2-4-10-11(6-8)17-14(16-10)21-7-9-3-5-12(20-9)13(19)18-15/h2-6H,7,15H2,1H3,(H,16,17)(H,18,19). The van der Waals surface area contributed by atoms with Crippen LogP contribution in [0.3, 0.4) is 0 Å². The van der Waals surface area contributed by atoms with Crippen LogP contribution >= 0.6 is 11.8 Å². The van der Waals surface area contributed by atoms with Gasteiger partial charge in [-0.3, -0.25) is 10.2 Å². The molecular formula is C14H14N4O2S. The van der Waals surface area contributed by atoms with Gasteiger partial charge in [0.2, 0.25) is 0 Å². The molecule has 0 aliphatic carbocycles. The van der Waals surface area contributed by atoms with Crippen LogP contribution in [0.5, 0.6) is 0 Å². The summed E-state index contributed by atoms with van der Waals surface area (Å²) in [7, 11) is 0. The van der Waals surface area contributed by atoms with E-state index in [0.29, 0.717) is 11.5 Å². The third kappa shape index (κ3) is 2.93. The number of aromatic nitrogens is 2. The van der Waals surface area contributed by atoms with Gasteiger partial charge < -0.3 is 9.40 Å². The van der Waals surface area contributed by atoms with E-state index in [0.717, 1.165) is 16.2 Å². The Morgan fingerprint density at radius 1 is 1.43 bits per heavy atom. The largest absolute Gasteiger partial charge is 0.455 e. The van der Waals surface area contributed by atoms with Crippen LogP contribution in [0.25, 0.3) is 11.0 Å². The molecule has 3 aromatic rings. The van der Waals surface area contributed by atoms with Gasteiger partial charge in [-0.1, -0.05) is 17.8 Å². The molecule has 0 saturated carbocycles. The lowest BCUT2D eigenvalue weighted by molar-refractivity contribution is 0.0924. The third-order valence-electron chi connectivity index (χ3n) is 2.98. The summed E-state index contributed by atoms with van der Waals surface area (Å²) in [5.74, 6) is 6.09. The van der Waals surface area contributed by atoms with Crippen molar-refractivity contribution in [2.75, 3.05) is 0 Å². The molecule has 2 heterocycles. The van der Waals surface area contributed by atoms with Gasteiger partial charge in [-0.25, -0.2) is 10.8 Å². The average Bonchev–Trinajstić information content (AvgIpc) is 3.10. The van der Waals surface area contributed by atoms with E-state index in [2.05, 4.69) is 16.0 Å². The Hall–Kier alpha value is -2.25. The molecule has 6 nitrogen and oxygen atoms in total. The highest BCUT2D eigenvalue weighted by atomic mass is 32.2. The van der Waals surface area contributed by atoms with Crippen LogP contribution < -0.4 is 11.3 Å². The van der Waals surface area contributed by atoms with Gasteiger partial charge >= 0.3 is 5.91 Å². The Balaban J connectivity index is 1.71. The summed E-state index contributed by atoms with van der Waals surface area (Å²) in [6.45, 7) is 2.04. The summed E-state index contributed by atoms with van der Waals surface area (Å²) >= 11 is 1.51. The van der Waals surface area contributed by atoms with E-state index < -0.39 is 5.91 Å². The van der Waals surface area contributed by atoms with Crippen molar-refractivity contribution >= 4 is 28.7 Å². The number of imidazole rings is 1. The second-order valence-corrected chi connectivity index (χ2v) is 5.55. The molecule has 4 N–H and O–H groups in total. The van der Waals surface area contributed by atoms with E-state index in [-0.39, 0.29) is 5.76 Å². The molecule has 0 atom stereocenters. The number of hydrogen-bond acceptors (Lipinski definition) is 5. The Morgan fingerprint density at radius 3 is 3.10 bits per heavy atom. The van der Waals surface area contributed by atoms with Crippen LogP contribution in [0, 0.1) is 6.92 Å². The number of aromatic amines is 1. The minimum Gasteiger partial charge on any atom is -0.455 e. The van der Waals surface area contributed by atoms with Crippen molar-refractivity contribution in [1.82, 2.24) is 15.4 Å². The summed E-state index contributed by atoms with van der Waals surface area (Å²) in [4.78, 5) is 19.0. The molecule has 1 amide bonds. The molecule has 0 radical (unpaired) electrons. The van der Waals surface area contributed by atoms with Crippen molar-refractivity contribution in [3.05, 3.63) is 47.4 Å². The van der Waals surface area contributed by atoms with E-state index in [9.17, 15) is 4.79 Å². The number of amides is 1. The zero-order valence-corrected chi connectivity index (χ0v) is 12.2. The van der Waals surface area contributed by atoms with Crippen molar-refractivity contribution in [3.8, 4) is 0 Å². The second kappa shape index (κ2) is 5.63. The number of thioether (sulfide) groups is 1. The molecule has 0 spiro atoms. The lowest BCUT2D eigenvalue weighted by atomic mass is 10.2. The number of fused-ring (bicyclic) bond motifs is 1. The topological polar surface area (TPSA) is 96.9 Å². The molecule has 2 aromatic heterocycles. The highest BCUT2D eigenvalue weighted by Gasteiger charge is 2.10. The minimum absolute atomic E-state index is 0.202. The molecule has 21 heavy (non-hydrogen) atoms. The molecule has 0 bridgehead atoms. The number of hydrogen-bond donors (Lipinski definition) is 3. The van der Waals surface area contributed by atoms with Crippen molar-refractivity contribution < 1.29 is 9.21 Å². The first-order valence-corrected chi connectivity index (χ1v) is 7.33. The Labute approximate surface area is 125 Å². The number of furan rings is 1. The molecule has 0 aliphatic heterocycles. The van der Waals surface area contributed by atoms with Gasteiger partial charge in [-0.2, -0.15) is 0 Å². The van der Waals surface area contributed by atoms with Gasteiger partial charge in [0.05, 0.1) is 16.8 Å². The van der Waals surface area contributed by atoms with Crippen LogP contribution in [0.2, 0.25) is 0 Å². The Bertz CT molecular complexity index is 793. The van der Waals surface area contributed by atoms with Crippen LogP contribution in [0.4, 0.5) is 0 Å². The number of nitrogen functional groups attached to an aromatic ring is 1. The maximum atomic E-state index is 11.3. The van der Waals surface area contributed by atoms with Gasteiger partial charge in [0, 0.05) is 0 Å². The van der Waals surface area contributed by atoms with Crippen molar-refractivity contribution in [3.63, 3.8) is 0 Å². The first-order chi connectivity index (χ1) is 10.2. The van der Waals surface area contributed by atoms with Crippen molar-refractivity contribution in [1.29, 1.82) is 0 Å². The number of nitrogens with one attached hydrogen (secondary N) is 2. The summed E-state index contributed by atoms with van der Waals surface area (Å²) < 4.78 is 5.40. The van der Waals surface area contributed by atoms with Gasteiger partial charge in [0.15, 0.2) is 10.9 Å². The second-order valence-electron chi connectivity index (χ2n) is 4.59. The molecule has 0 unspecified atom stereocenters. The van der Waals surface area contributed by atoms with Crippen molar-refractivity contribution in [2.45, 2.75) is 17.8 Å². The van der Waals surface area contributed by atoms with Gasteiger partial charge in [0.1, 0.15) is 5.76 Å². The SMILES string of the molecule is Cc1ccc2nc(SCc3ccc(C(=O)NN)o3)[nH]c2c1. The summed E-state index contributed by atoms with van der Waals surface area (Å²) in [5, 5.41) is 0.817. The number of rotatable bonds is 4. The summed E-state index contributed by atoms with van der Waals surface area (Å²) in [6, 6.07) is 9.43. The predicted molar refractivity (Wildman–Crippen MR) is 80.8 cm³/mol. The maximum Gasteiger partial charge on any atom is 0.300 e. The maximum absolute atomic E-state index is 11.3. The van der Waals surface area contributed by atoms with E-state index in [1.807, 2.05) is 24.5 Å². The number of carbonyl (C=O) groups excluding carboxylic acids is 1. The van der Waals surface area contributed by atoms with E-state index in [4.69, 9.17) is 10.3 Å². The number of benzene rings is 1. The van der Waals surface area contributed by atoms with E-state index in [1.165, 1.54) is 17.3 Å². The Morgan fingerprint density at radius 2 is 2.29 bits per heavy atom. The summed E-state index contributed by atoms with van der Waals surface area (Å²) in [6.07, 6.45) is 0. The number of nitrogens with two attached hydrogens (primary N) is 1. The van der Waals surface area contributed by atoms with Crippen LogP contribution in [-0.2, 0) is 5.75 Å². The van der Waals surface area contributed by atoms with Gasteiger partial charge in [0.25, 0.3) is 0 Å². The van der Waals surface area contributed by atoms with E-state index in [1.54, 1.807) is 12.1 Å². The Kier molecular flexibility index (Phi) is 3.68. The average molecular weight is 302 g/mol. The zero-order chi connectivity index (χ0) is 14.8. The van der Waals surface area contributed by atoms with Gasteiger partial charge in [-0.05, 0) is 36.8 Å². The first kappa shape index (κ1) is 13.7. The molecule has 0 aliphatic rings. The number of aryl methyl sites for hydroxylation is 1. The van der Waals surface area contributed by atoms with Crippen molar-refractivity contribution in [2.24, 2.45) is 5.84 Å². The normalized spacial score (nSPS) is 11.0.